The lowest BCUT2D eigenvalue weighted by Gasteiger charge is -2.20. The lowest BCUT2D eigenvalue weighted by atomic mass is 9.99. The lowest BCUT2D eigenvalue weighted by Crippen LogP contribution is -2.02. The molecule has 0 aliphatic heterocycles. The zero-order chi connectivity index (χ0) is 36.6. The maximum absolute atomic E-state index is 8.41. The topological polar surface area (TPSA) is 23.5 Å². The van der Waals surface area contributed by atoms with Gasteiger partial charge in [-0.3, -0.25) is 0 Å². The van der Waals surface area contributed by atoms with Crippen LogP contribution in [0, 0.1) is 13.1 Å². The molecule has 0 radical (unpaired) electrons. The average molecular weight is 700 g/mol. The largest absolute Gasteiger partial charge is 0.320 e. The molecule has 3 aromatic heterocycles. The quantitative estimate of drug-likeness (QED) is 0.163. The number of rotatable bonds is 4. The van der Waals surface area contributed by atoms with Gasteiger partial charge in [-0.25, -0.2) is 9.69 Å². The molecule has 8 aromatic carbocycles. The van der Waals surface area contributed by atoms with Crippen LogP contribution in [0.4, 0.5) is 11.4 Å². The van der Waals surface area contributed by atoms with Gasteiger partial charge < -0.3 is 13.7 Å². The zero-order valence-corrected chi connectivity index (χ0v) is 29.5. The van der Waals surface area contributed by atoms with Crippen LogP contribution < -0.4 is 0 Å². The molecule has 3 heterocycles. The van der Waals surface area contributed by atoms with Crippen LogP contribution in [0.2, 0.25) is 0 Å². The maximum Gasteiger partial charge on any atom is 0.211 e. The van der Waals surface area contributed by atoms with Gasteiger partial charge >= 0.3 is 0 Å². The summed E-state index contributed by atoms with van der Waals surface area (Å²) in [6.07, 6.45) is 0. The van der Waals surface area contributed by atoms with E-state index in [0.717, 1.165) is 61.0 Å². The van der Waals surface area contributed by atoms with E-state index in [2.05, 4.69) is 157 Å². The highest BCUT2D eigenvalue weighted by molar-refractivity contribution is 6.14. The van der Waals surface area contributed by atoms with E-state index in [-0.39, 0.29) is 0 Å². The van der Waals surface area contributed by atoms with Gasteiger partial charge in [0.05, 0.1) is 52.1 Å². The first-order valence-electron chi connectivity index (χ1n) is 18.3. The monoisotopic (exact) mass is 699 g/mol. The molecule has 5 nitrogen and oxygen atoms in total. The molecule has 11 rings (SSSR count). The van der Waals surface area contributed by atoms with Gasteiger partial charge in [-0.05, 0) is 54.1 Å². The van der Waals surface area contributed by atoms with Gasteiger partial charge in [0.1, 0.15) is 0 Å². The Balaban J connectivity index is 1.23. The van der Waals surface area contributed by atoms with Crippen molar-refractivity contribution in [1.29, 1.82) is 0 Å². The Bertz CT molecular complexity index is 3420. The van der Waals surface area contributed by atoms with Crippen LogP contribution in [0.1, 0.15) is 0 Å². The second-order valence-corrected chi connectivity index (χ2v) is 13.9. The van der Waals surface area contributed by atoms with Crippen LogP contribution in [0.15, 0.2) is 176 Å². The molecule has 55 heavy (non-hydrogen) atoms. The van der Waals surface area contributed by atoms with E-state index in [1.807, 2.05) is 42.5 Å². The Morgan fingerprint density at radius 3 is 1.45 bits per heavy atom. The van der Waals surface area contributed by atoms with Crippen molar-refractivity contribution < 1.29 is 0 Å². The van der Waals surface area contributed by atoms with Gasteiger partial charge in [0, 0.05) is 49.1 Å². The molecule has 0 N–H and O–H groups in total. The number of hydrogen-bond donors (Lipinski definition) is 0. The molecular weight excluding hydrogens is 671 g/mol. The summed E-state index contributed by atoms with van der Waals surface area (Å²) in [7, 11) is 0. The molecule has 0 bridgehead atoms. The van der Waals surface area contributed by atoms with Crippen LogP contribution >= 0.6 is 0 Å². The minimum atomic E-state index is 0.541. The second kappa shape index (κ2) is 11.8. The summed E-state index contributed by atoms with van der Waals surface area (Å²) < 4.78 is 6.94. The first-order chi connectivity index (χ1) is 27.2. The van der Waals surface area contributed by atoms with Crippen LogP contribution in [0.5, 0.6) is 0 Å². The molecule has 5 heteroatoms. The Kier molecular flexibility index (Phi) is 6.61. The van der Waals surface area contributed by atoms with E-state index in [4.69, 9.17) is 13.1 Å². The third kappa shape index (κ3) is 4.39. The van der Waals surface area contributed by atoms with Crippen molar-refractivity contribution in [3.05, 3.63) is 199 Å². The number of para-hydroxylation sites is 6. The van der Waals surface area contributed by atoms with Gasteiger partial charge in [0.2, 0.25) is 5.69 Å². The minimum Gasteiger partial charge on any atom is -0.320 e. The SMILES string of the molecule is [C-]#[N+]c1ccc2c3ccccc3n(-c3c([N+]#[C-])cccc3-c3ccccc3-n3c4ccccc4c4ccc(-n5c6ccccc6c6ccccc65)cc43)c2c1. The van der Waals surface area contributed by atoms with Gasteiger partial charge in [-0.15, -0.1) is 0 Å². The number of benzene rings is 8. The van der Waals surface area contributed by atoms with Crippen LogP contribution in [0.25, 0.3) is 103 Å². The highest BCUT2D eigenvalue weighted by Gasteiger charge is 2.23. The normalized spacial score (nSPS) is 11.6. The predicted octanol–water partition coefficient (Wildman–Crippen LogP) is 13.7. The van der Waals surface area contributed by atoms with Crippen molar-refractivity contribution in [3.63, 3.8) is 0 Å². The Morgan fingerprint density at radius 2 is 0.836 bits per heavy atom. The third-order valence-electron chi connectivity index (χ3n) is 11.1. The van der Waals surface area contributed by atoms with Gasteiger partial charge in [-0.2, -0.15) is 0 Å². The highest BCUT2D eigenvalue weighted by Crippen LogP contribution is 2.45. The van der Waals surface area contributed by atoms with Gasteiger partial charge in [0.15, 0.2) is 5.69 Å². The number of fused-ring (bicyclic) bond motifs is 9. The van der Waals surface area contributed by atoms with Crippen LogP contribution in [-0.2, 0) is 0 Å². The molecule has 0 spiro atoms. The third-order valence-corrected chi connectivity index (χ3v) is 11.1. The first-order valence-corrected chi connectivity index (χ1v) is 18.3. The van der Waals surface area contributed by atoms with Gasteiger partial charge in [0.25, 0.3) is 0 Å². The molecule has 254 valence electrons. The number of hydrogen-bond acceptors (Lipinski definition) is 0. The van der Waals surface area contributed by atoms with Crippen LogP contribution in [0.3, 0.4) is 0 Å². The summed E-state index contributed by atoms with van der Waals surface area (Å²) in [5, 5.41) is 6.91. The van der Waals surface area contributed by atoms with Crippen molar-refractivity contribution in [1.82, 2.24) is 13.7 Å². The van der Waals surface area contributed by atoms with E-state index >= 15 is 0 Å². The lowest BCUT2D eigenvalue weighted by molar-refractivity contribution is 1.15. The molecule has 0 unspecified atom stereocenters. The molecule has 0 saturated heterocycles. The summed E-state index contributed by atoms with van der Waals surface area (Å²) in [6, 6.07) is 61.3. The van der Waals surface area contributed by atoms with Crippen molar-refractivity contribution in [2.24, 2.45) is 0 Å². The van der Waals surface area contributed by atoms with E-state index < -0.39 is 0 Å². The molecule has 0 amide bonds. The van der Waals surface area contributed by atoms with Crippen molar-refractivity contribution >= 4 is 76.8 Å². The maximum atomic E-state index is 8.41. The zero-order valence-electron chi connectivity index (χ0n) is 29.5. The molecule has 0 aliphatic rings. The summed E-state index contributed by atoms with van der Waals surface area (Å²) in [5.74, 6) is 0. The van der Waals surface area contributed by atoms with Crippen molar-refractivity contribution in [3.8, 4) is 28.2 Å². The molecule has 11 aromatic rings. The summed E-state index contributed by atoms with van der Waals surface area (Å²) >= 11 is 0. The van der Waals surface area contributed by atoms with Crippen LogP contribution in [-0.4, -0.2) is 13.7 Å². The fourth-order valence-electron chi connectivity index (χ4n) is 8.80. The van der Waals surface area contributed by atoms with Crippen molar-refractivity contribution in [2.45, 2.75) is 0 Å². The molecule has 0 atom stereocenters. The van der Waals surface area contributed by atoms with Gasteiger partial charge in [-0.1, -0.05) is 127 Å². The van der Waals surface area contributed by atoms with E-state index in [9.17, 15) is 0 Å². The highest BCUT2D eigenvalue weighted by atomic mass is 15.0. The Hall–Kier alpha value is -7.86. The molecule has 0 aliphatic carbocycles. The molecule has 0 saturated carbocycles. The standard InChI is InChI=1S/C50H29N5/c1-51-32-26-28-39-37-17-6-12-25-47(37)55(48(39)30-32)50-41(19-13-20-42(50)52-2)38-18-7-11-24-46(38)54-45-23-10-5-16-36(45)40-29-27-33(31-49(40)54)53-43-21-8-3-14-34(43)35-15-4-9-22-44(35)53/h3-31H. The average Bonchev–Trinajstić information content (AvgIpc) is 3.88. The molecule has 0 fully saturated rings. The molecular formula is C50H29N5. The fraction of sp³-hybridized carbons (Fsp3) is 0. The first kappa shape index (κ1) is 30.7. The second-order valence-electron chi connectivity index (χ2n) is 13.9. The summed E-state index contributed by atoms with van der Waals surface area (Å²) in [4.78, 5) is 7.89. The summed E-state index contributed by atoms with van der Waals surface area (Å²) in [5.41, 5.74) is 12.3. The minimum absolute atomic E-state index is 0.541. The fourth-order valence-corrected chi connectivity index (χ4v) is 8.80. The number of nitrogens with zero attached hydrogens (tertiary/aromatic N) is 5. The smallest absolute Gasteiger partial charge is 0.211 e. The van der Waals surface area contributed by atoms with Crippen molar-refractivity contribution in [2.75, 3.05) is 0 Å². The Morgan fingerprint density at radius 1 is 0.345 bits per heavy atom. The predicted molar refractivity (Wildman–Crippen MR) is 227 cm³/mol. The van der Waals surface area contributed by atoms with E-state index in [0.29, 0.717) is 11.4 Å². The van der Waals surface area contributed by atoms with E-state index in [1.165, 1.54) is 32.6 Å². The Labute approximate surface area is 316 Å². The number of aromatic nitrogens is 3. The van der Waals surface area contributed by atoms with E-state index in [1.54, 1.807) is 0 Å². The summed E-state index contributed by atoms with van der Waals surface area (Å²) in [6.45, 7) is 16.2.